The van der Waals surface area contributed by atoms with Gasteiger partial charge in [-0.1, -0.05) is 26.7 Å². The van der Waals surface area contributed by atoms with Gasteiger partial charge in [0.2, 0.25) is 0 Å². The number of nitrogens with one attached hydrogen (secondary N) is 2. The van der Waals surface area contributed by atoms with Crippen molar-refractivity contribution in [2.75, 3.05) is 25.6 Å². The maximum Gasteiger partial charge on any atom is 0.341 e. The largest absolute Gasteiger partial charge is 0.449 e. The number of nitro benzene ring substituents is 1. The van der Waals surface area contributed by atoms with Crippen LogP contribution < -0.4 is 10.6 Å². The number of benzene rings is 1. The van der Waals surface area contributed by atoms with Crippen molar-refractivity contribution in [2.45, 2.75) is 52.2 Å². The van der Waals surface area contributed by atoms with E-state index < -0.39 is 17.0 Å². The van der Waals surface area contributed by atoms with Gasteiger partial charge in [-0.05, 0) is 31.2 Å². The number of hydrogen-bond donors (Lipinski definition) is 2. The summed E-state index contributed by atoms with van der Waals surface area (Å²) in [6, 6.07) is 3.94. The van der Waals surface area contributed by atoms with Crippen molar-refractivity contribution in [2.24, 2.45) is 11.8 Å². The maximum atomic E-state index is 12.7. The summed E-state index contributed by atoms with van der Waals surface area (Å²) in [7, 11) is 1.54. The number of hydrogen-bond acceptors (Lipinski definition) is 7. The molecule has 1 fully saturated rings. The number of non-ortho nitro benzene ring substituents is 1. The van der Waals surface area contributed by atoms with Crippen LogP contribution >= 0.6 is 0 Å². The van der Waals surface area contributed by atoms with Crippen LogP contribution in [0.4, 0.5) is 11.4 Å². The van der Waals surface area contributed by atoms with Gasteiger partial charge < -0.3 is 20.1 Å². The number of amides is 1. The van der Waals surface area contributed by atoms with Crippen LogP contribution in [0.25, 0.3) is 0 Å². The molecular formula is C21H31N3O6. The molecule has 1 aromatic carbocycles. The fourth-order valence-corrected chi connectivity index (χ4v) is 3.62. The van der Waals surface area contributed by atoms with Crippen molar-refractivity contribution in [3.63, 3.8) is 0 Å². The third-order valence-corrected chi connectivity index (χ3v) is 5.74. The second kappa shape index (κ2) is 10.9. The summed E-state index contributed by atoms with van der Waals surface area (Å²) in [5.74, 6) is -0.300. The molecule has 2 N–H and O–H groups in total. The lowest BCUT2D eigenvalue weighted by Gasteiger charge is -2.35. The van der Waals surface area contributed by atoms with Gasteiger partial charge in [-0.25, -0.2) is 4.79 Å². The molecule has 0 aromatic heterocycles. The standard InChI is InChI=1S/C21H31N3O6/c1-13-6-5-7-18(14(13)2)23-20(25)15(3)30-21(26)17-12-16(24(27)28)8-9-19(17)22-10-11-29-4/h8-9,12-15,18,22H,5-7,10-11H2,1-4H3,(H,23,25)/t13-,14-,15-,18+/m1/s1. The van der Waals surface area contributed by atoms with E-state index in [4.69, 9.17) is 9.47 Å². The van der Waals surface area contributed by atoms with Crippen molar-refractivity contribution in [3.05, 3.63) is 33.9 Å². The first-order chi connectivity index (χ1) is 14.2. The zero-order valence-electron chi connectivity index (χ0n) is 18.0. The molecule has 1 aliphatic rings. The number of rotatable bonds is 9. The maximum absolute atomic E-state index is 12.7. The SMILES string of the molecule is COCCNc1ccc([N+](=O)[O-])cc1C(=O)O[C@H](C)C(=O)N[C@H]1CCC[C@@H](C)[C@H]1C. The van der Waals surface area contributed by atoms with E-state index in [1.54, 1.807) is 7.11 Å². The van der Waals surface area contributed by atoms with E-state index in [9.17, 15) is 19.7 Å². The topological polar surface area (TPSA) is 120 Å². The molecule has 0 spiro atoms. The highest BCUT2D eigenvalue weighted by atomic mass is 16.6. The minimum atomic E-state index is -1.02. The highest BCUT2D eigenvalue weighted by molar-refractivity contribution is 5.98. The first-order valence-electron chi connectivity index (χ1n) is 10.3. The molecule has 4 atom stereocenters. The smallest absolute Gasteiger partial charge is 0.341 e. The Bertz CT molecular complexity index is 769. The lowest BCUT2D eigenvalue weighted by Crippen LogP contribution is -2.47. The summed E-state index contributed by atoms with van der Waals surface area (Å²) in [6.07, 6.45) is 2.07. The van der Waals surface area contributed by atoms with Crippen molar-refractivity contribution in [1.82, 2.24) is 5.32 Å². The second-order valence-electron chi connectivity index (χ2n) is 7.84. The average molecular weight is 421 g/mol. The zero-order chi connectivity index (χ0) is 22.3. The fourth-order valence-electron chi connectivity index (χ4n) is 3.62. The Morgan fingerprint density at radius 1 is 1.30 bits per heavy atom. The molecule has 1 saturated carbocycles. The molecule has 30 heavy (non-hydrogen) atoms. The molecule has 166 valence electrons. The molecule has 0 aliphatic heterocycles. The Hall–Kier alpha value is -2.68. The molecule has 0 radical (unpaired) electrons. The summed E-state index contributed by atoms with van der Waals surface area (Å²) in [5, 5.41) is 17.1. The summed E-state index contributed by atoms with van der Waals surface area (Å²) < 4.78 is 10.3. The fraction of sp³-hybridized carbons (Fsp3) is 0.619. The van der Waals surface area contributed by atoms with Crippen LogP contribution in [0.1, 0.15) is 50.4 Å². The van der Waals surface area contributed by atoms with E-state index in [0.29, 0.717) is 30.7 Å². The second-order valence-corrected chi connectivity index (χ2v) is 7.84. The third kappa shape index (κ3) is 6.16. The van der Waals surface area contributed by atoms with Gasteiger partial charge in [0, 0.05) is 37.5 Å². The van der Waals surface area contributed by atoms with Crippen LogP contribution in [0.15, 0.2) is 18.2 Å². The molecule has 0 saturated heterocycles. The molecule has 9 heteroatoms. The van der Waals surface area contributed by atoms with Crippen LogP contribution in [-0.2, 0) is 14.3 Å². The monoisotopic (exact) mass is 421 g/mol. The van der Waals surface area contributed by atoms with Crippen molar-refractivity contribution in [1.29, 1.82) is 0 Å². The molecule has 9 nitrogen and oxygen atoms in total. The van der Waals surface area contributed by atoms with Crippen LogP contribution in [0.3, 0.4) is 0 Å². The summed E-state index contributed by atoms with van der Waals surface area (Å²) in [4.78, 5) is 35.8. The Morgan fingerprint density at radius 2 is 2.03 bits per heavy atom. The Labute approximate surface area is 176 Å². The number of methoxy groups -OCH3 is 1. The number of ether oxygens (including phenoxy) is 2. The number of carbonyl (C=O) groups excluding carboxylic acids is 2. The van der Waals surface area contributed by atoms with Gasteiger partial charge >= 0.3 is 5.97 Å². The molecule has 0 unspecified atom stereocenters. The van der Waals surface area contributed by atoms with Crippen LogP contribution in [0.2, 0.25) is 0 Å². The van der Waals surface area contributed by atoms with Gasteiger partial charge in [0.1, 0.15) is 0 Å². The van der Waals surface area contributed by atoms with E-state index >= 15 is 0 Å². The summed E-state index contributed by atoms with van der Waals surface area (Å²) >= 11 is 0. The van der Waals surface area contributed by atoms with E-state index in [0.717, 1.165) is 25.3 Å². The highest BCUT2D eigenvalue weighted by Gasteiger charge is 2.30. The van der Waals surface area contributed by atoms with Crippen molar-refractivity contribution in [3.8, 4) is 0 Å². The molecule has 0 bridgehead atoms. The summed E-state index contributed by atoms with van der Waals surface area (Å²) in [6.45, 7) is 6.59. The highest BCUT2D eigenvalue weighted by Crippen LogP contribution is 2.29. The Balaban J connectivity index is 2.08. The van der Waals surface area contributed by atoms with E-state index in [2.05, 4.69) is 24.5 Å². The van der Waals surface area contributed by atoms with Gasteiger partial charge in [0.25, 0.3) is 11.6 Å². The van der Waals surface area contributed by atoms with Crippen molar-refractivity contribution < 1.29 is 24.0 Å². The molecule has 0 heterocycles. The minimum absolute atomic E-state index is 0.000361. The van der Waals surface area contributed by atoms with Crippen LogP contribution in [0.5, 0.6) is 0 Å². The first-order valence-corrected chi connectivity index (χ1v) is 10.3. The Morgan fingerprint density at radius 3 is 2.70 bits per heavy atom. The lowest BCUT2D eigenvalue weighted by atomic mass is 9.78. The molecule has 1 aliphatic carbocycles. The van der Waals surface area contributed by atoms with E-state index in [1.807, 2.05) is 0 Å². The van der Waals surface area contributed by atoms with Gasteiger partial charge in [0.15, 0.2) is 6.10 Å². The number of esters is 1. The van der Waals surface area contributed by atoms with Gasteiger partial charge in [-0.15, -0.1) is 0 Å². The Kier molecular flexibility index (Phi) is 8.58. The normalized spacial score (nSPS) is 22.1. The quantitative estimate of drug-likeness (QED) is 0.272. The lowest BCUT2D eigenvalue weighted by molar-refractivity contribution is -0.384. The van der Waals surface area contributed by atoms with Gasteiger partial charge in [-0.2, -0.15) is 0 Å². The molecule has 1 amide bonds. The van der Waals surface area contributed by atoms with Crippen molar-refractivity contribution >= 4 is 23.3 Å². The molecule has 1 aromatic rings. The predicted octanol–water partition coefficient (Wildman–Crippen LogP) is 3.14. The van der Waals surface area contributed by atoms with E-state index in [1.165, 1.54) is 19.1 Å². The average Bonchev–Trinajstić information content (AvgIpc) is 2.71. The number of nitrogens with zero attached hydrogens (tertiary/aromatic N) is 1. The first kappa shape index (κ1) is 23.6. The minimum Gasteiger partial charge on any atom is -0.449 e. The third-order valence-electron chi connectivity index (χ3n) is 5.74. The van der Waals surface area contributed by atoms with Crippen LogP contribution in [0, 0.1) is 22.0 Å². The number of nitro groups is 1. The van der Waals surface area contributed by atoms with Crippen LogP contribution in [-0.4, -0.2) is 49.2 Å². The number of carbonyl (C=O) groups is 2. The zero-order valence-corrected chi connectivity index (χ0v) is 18.0. The summed E-state index contributed by atoms with van der Waals surface area (Å²) in [5.41, 5.74) is 0.144. The number of anilines is 1. The van der Waals surface area contributed by atoms with Gasteiger partial charge in [-0.3, -0.25) is 14.9 Å². The van der Waals surface area contributed by atoms with E-state index in [-0.39, 0.29) is 23.2 Å². The molecule has 2 rings (SSSR count). The predicted molar refractivity (Wildman–Crippen MR) is 112 cm³/mol. The van der Waals surface area contributed by atoms with Gasteiger partial charge in [0.05, 0.1) is 17.1 Å². The molecular weight excluding hydrogens is 390 g/mol.